The van der Waals surface area contributed by atoms with Crippen LogP contribution in [0, 0.1) is 5.92 Å². The third-order valence-electron chi connectivity index (χ3n) is 6.68. The van der Waals surface area contributed by atoms with E-state index in [9.17, 15) is 0 Å². The Kier molecular flexibility index (Phi) is 8.41. The van der Waals surface area contributed by atoms with Crippen molar-refractivity contribution in [2.45, 2.75) is 101 Å². The molecule has 5 N–H and O–H groups in total. The lowest BCUT2D eigenvalue weighted by Crippen LogP contribution is -2.63. The minimum Gasteiger partial charge on any atom is -0.298 e. The van der Waals surface area contributed by atoms with Crippen LogP contribution in [0.25, 0.3) is 0 Å². The Bertz CT molecular complexity index is 635. The number of hydrogen-bond donors (Lipinski definition) is 5. The van der Waals surface area contributed by atoms with Crippen molar-refractivity contribution in [2.24, 2.45) is 5.92 Å². The van der Waals surface area contributed by atoms with Crippen LogP contribution in [0.4, 0.5) is 0 Å². The van der Waals surface area contributed by atoms with Crippen molar-refractivity contribution in [1.29, 1.82) is 0 Å². The average molecular weight is 436 g/mol. The summed E-state index contributed by atoms with van der Waals surface area (Å²) in [5.74, 6) is 0.671. The van der Waals surface area contributed by atoms with Crippen LogP contribution in [0.2, 0.25) is 0 Å². The highest BCUT2D eigenvalue weighted by molar-refractivity contribution is 6.20. The first-order valence-corrected chi connectivity index (χ1v) is 12.3. The molecule has 2 heterocycles. The maximum atomic E-state index is 6.60. The number of alkyl halides is 1. The SMILES string of the molecule is CC1NC(c2ccc(CNC3CC(Cl)NC(C4CCCCCCCC4)N3)cc2)NO1. The molecule has 3 fully saturated rings. The quantitative estimate of drug-likeness (QED) is 0.358. The zero-order chi connectivity index (χ0) is 20.8. The summed E-state index contributed by atoms with van der Waals surface area (Å²) in [6, 6.07) is 8.68. The lowest BCUT2D eigenvalue weighted by atomic mass is 9.92. The van der Waals surface area contributed by atoms with Crippen LogP contribution in [-0.2, 0) is 11.4 Å². The zero-order valence-electron chi connectivity index (χ0n) is 18.1. The van der Waals surface area contributed by atoms with Crippen LogP contribution >= 0.6 is 11.6 Å². The van der Waals surface area contributed by atoms with Crippen molar-refractivity contribution in [1.82, 2.24) is 26.7 Å². The summed E-state index contributed by atoms with van der Waals surface area (Å²) in [6.45, 7) is 2.82. The van der Waals surface area contributed by atoms with Crippen LogP contribution in [-0.4, -0.2) is 24.1 Å². The maximum absolute atomic E-state index is 6.60. The molecule has 3 aliphatic rings. The molecule has 2 saturated heterocycles. The molecule has 1 aromatic rings. The van der Waals surface area contributed by atoms with Gasteiger partial charge in [-0.25, -0.2) is 0 Å². The summed E-state index contributed by atoms with van der Waals surface area (Å²) in [5.41, 5.74) is 5.50. The number of rotatable bonds is 5. The highest BCUT2D eigenvalue weighted by atomic mass is 35.5. The van der Waals surface area contributed by atoms with Crippen molar-refractivity contribution < 1.29 is 4.84 Å². The zero-order valence-corrected chi connectivity index (χ0v) is 18.9. The summed E-state index contributed by atoms with van der Waals surface area (Å²) >= 11 is 6.60. The standard InChI is InChI=1S/C23H38ClN5O/c1-16-26-23(29-30-16)19-12-10-17(11-13-19)15-25-21-14-20(24)27-22(28-21)18-8-6-4-2-3-5-7-9-18/h10-13,16,18,20-23,25-29H,2-9,14-15H2,1H3. The third kappa shape index (κ3) is 6.39. The van der Waals surface area contributed by atoms with Crippen LogP contribution in [0.3, 0.4) is 0 Å². The molecule has 1 aromatic carbocycles. The molecule has 5 unspecified atom stereocenters. The fourth-order valence-electron chi connectivity index (χ4n) is 4.92. The molecule has 1 saturated carbocycles. The van der Waals surface area contributed by atoms with E-state index >= 15 is 0 Å². The van der Waals surface area contributed by atoms with Gasteiger partial charge in [-0.3, -0.25) is 26.1 Å². The van der Waals surface area contributed by atoms with Gasteiger partial charge < -0.3 is 0 Å². The second-order valence-corrected chi connectivity index (χ2v) is 9.65. The molecule has 168 valence electrons. The lowest BCUT2D eigenvalue weighted by molar-refractivity contribution is 0.0329. The van der Waals surface area contributed by atoms with E-state index in [1.807, 2.05) is 6.92 Å². The Labute approximate surface area is 186 Å². The van der Waals surface area contributed by atoms with E-state index in [2.05, 4.69) is 51.0 Å². The van der Waals surface area contributed by atoms with Gasteiger partial charge >= 0.3 is 0 Å². The Morgan fingerprint density at radius 1 is 0.967 bits per heavy atom. The minimum atomic E-state index is 0.0188. The fourth-order valence-corrected chi connectivity index (χ4v) is 5.23. The van der Waals surface area contributed by atoms with Crippen molar-refractivity contribution >= 4 is 11.6 Å². The summed E-state index contributed by atoms with van der Waals surface area (Å²) in [6.07, 6.45) is 12.4. The van der Waals surface area contributed by atoms with Gasteiger partial charge in [0.25, 0.3) is 0 Å². The van der Waals surface area contributed by atoms with Gasteiger partial charge in [0.05, 0.1) is 17.8 Å². The van der Waals surface area contributed by atoms with Crippen molar-refractivity contribution in [3.8, 4) is 0 Å². The lowest BCUT2D eigenvalue weighted by Gasteiger charge is -2.40. The molecule has 0 bridgehead atoms. The molecule has 0 radical (unpaired) electrons. The Balaban J connectivity index is 1.28. The number of hydrogen-bond acceptors (Lipinski definition) is 6. The maximum Gasteiger partial charge on any atom is 0.128 e. The summed E-state index contributed by atoms with van der Waals surface area (Å²) in [5, 5.41) is 14.5. The summed E-state index contributed by atoms with van der Waals surface area (Å²) in [7, 11) is 0. The number of halogens is 1. The van der Waals surface area contributed by atoms with Gasteiger partial charge in [0.2, 0.25) is 0 Å². The van der Waals surface area contributed by atoms with E-state index in [0.717, 1.165) is 13.0 Å². The predicted octanol–water partition coefficient (Wildman–Crippen LogP) is 3.80. The Hall–Kier alpha value is -0.730. The van der Waals surface area contributed by atoms with E-state index in [1.54, 1.807) is 0 Å². The molecule has 0 amide bonds. The molecule has 6 nitrogen and oxygen atoms in total. The number of benzene rings is 1. The van der Waals surface area contributed by atoms with Gasteiger partial charge in [-0.05, 0) is 36.8 Å². The third-order valence-corrected chi connectivity index (χ3v) is 6.99. The molecule has 5 atom stereocenters. The molecule has 4 rings (SSSR count). The molecular formula is C23H38ClN5O. The van der Waals surface area contributed by atoms with Crippen molar-refractivity contribution in [3.05, 3.63) is 35.4 Å². The van der Waals surface area contributed by atoms with Gasteiger partial charge in [-0.1, -0.05) is 62.8 Å². The minimum absolute atomic E-state index is 0.0188. The average Bonchev–Trinajstić information content (AvgIpc) is 3.23. The highest BCUT2D eigenvalue weighted by Gasteiger charge is 2.31. The molecule has 0 spiro atoms. The van der Waals surface area contributed by atoms with Gasteiger partial charge in [0.1, 0.15) is 12.4 Å². The first-order chi connectivity index (χ1) is 14.7. The van der Waals surface area contributed by atoms with Gasteiger partial charge in [0, 0.05) is 13.0 Å². The van der Waals surface area contributed by atoms with Gasteiger partial charge in [-0.15, -0.1) is 11.6 Å². The van der Waals surface area contributed by atoms with E-state index in [4.69, 9.17) is 16.4 Å². The van der Waals surface area contributed by atoms with Crippen molar-refractivity contribution in [3.63, 3.8) is 0 Å². The van der Waals surface area contributed by atoms with Gasteiger partial charge in [-0.2, -0.15) is 5.48 Å². The van der Waals surface area contributed by atoms with Crippen LogP contribution in [0.15, 0.2) is 24.3 Å². The van der Waals surface area contributed by atoms with E-state index in [1.165, 1.54) is 62.5 Å². The molecule has 1 aliphatic carbocycles. The Morgan fingerprint density at radius 2 is 1.67 bits per heavy atom. The largest absolute Gasteiger partial charge is 0.298 e. The van der Waals surface area contributed by atoms with Crippen LogP contribution < -0.4 is 26.7 Å². The van der Waals surface area contributed by atoms with E-state index in [-0.39, 0.29) is 24.1 Å². The normalized spacial score (nSPS) is 34.3. The number of hydroxylamine groups is 1. The fraction of sp³-hybridized carbons (Fsp3) is 0.739. The summed E-state index contributed by atoms with van der Waals surface area (Å²) < 4.78 is 0. The highest BCUT2D eigenvalue weighted by Crippen LogP contribution is 2.26. The van der Waals surface area contributed by atoms with Crippen LogP contribution in [0.5, 0.6) is 0 Å². The predicted molar refractivity (Wildman–Crippen MR) is 121 cm³/mol. The van der Waals surface area contributed by atoms with E-state index in [0.29, 0.717) is 12.1 Å². The van der Waals surface area contributed by atoms with E-state index < -0.39 is 0 Å². The molecular weight excluding hydrogens is 398 g/mol. The molecule has 2 aliphatic heterocycles. The number of nitrogens with one attached hydrogen (secondary N) is 5. The topological polar surface area (TPSA) is 69.4 Å². The summed E-state index contributed by atoms with van der Waals surface area (Å²) in [4.78, 5) is 5.37. The first kappa shape index (κ1) is 22.5. The van der Waals surface area contributed by atoms with Crippen LogP contribution in [0.1, 0.15) is 82.0 Å². The van der Waals surface area contributed by atoms with Gasteiger partial charge in [0.15, 0.2) is 0 Å². The molecule has 0 aromatic heterocycles. The smallest absolute Gasteiger partial charge is 0.128 e. The first-order valence-electron chi connectivity index (χ1n) is 11.8. The molecule has 30 heavy (non-hydrogen) atoms. The monoisotopic (exact) mass is 435 g/mol. The van der Waals surface area contributed by atoms with Crippen molar-refractivity contribution in [2.75, 3.05) is 0 Å². The second kappa shape index (κ2) is 11.2. The second-order valence-electron chi connectivity index (χ2n) is 9.13. The molecule has 7 heteroatoms. The Morgan fingerprint density at radius 3 is 2.33 bits per heavy atom.